The number of nitrogens with zero attached hydrogens (tertiary/aromatic N) is 3. The van der Waals surface area contributed by atoms with Gasteiger partial charge < -0.3 is 5.32 Å². The maximum Gasteiger partial charge on any atom is 0.243 e. The summed E-state index contributed by atoms with van der Waals surface area (Å²) in [5.41, 5.74) is 0.899. The molecule has 3 heterocycles. The van der Waals surface area contributed by atoms with Gasteiger partial charge in [-0.3, -0.25) is 0 Å². The van der Waals surface area contributed by atoms with Crippen LogP contribution in [0.25, 0.3) is 5.65 Å². The molecule has 0 amide bonds. The van der Waals surface area contributed by atoms with Crippen LogP contribution in [0.2, 0.25) is 0 Å². The molecule has 0 atom stereocenters. The standard InChI is InChI=1S/C14H15BrN4S/c1-14(2,11-4-3-7-20-11)9-16-13-17-12-6-5-10(15)8-19(12)18-13/h3-8H,9H2,1-2H3,(H,16,18). The van der Waals surface area contributed by atoms with Crippen LogP contribution in [0.4, 0.5) is 5.95 Å². The molecule has 0 aromatic carbocycles. The van der Waals surface area contributed by atoms with Gasteiger partial charge in [0.2, 0.25) is 5.95 Å². The molecule has 3 rings (SSSR count). The minimum Gasteiger partial charge on any atom is -0.352 e. The monoisotopic (exact) mass is 350 g/mol. The number of halogens is 1. The van der Waals surface area contributed by atoms with Gasteiger partial charge in [-0.15, -0.1) is 16.4 Å². The second-order valence-electron chi connectivity index (χ2n) is 5.30. The Morgan fingerprint density at radius 2 is 2.20 bits per heavy atom. The van der Waals surface area contributed by atoms with Crippen molar-refractivity contribution in [3.8, 4) is 0 Å². The SMILES string of the molecule is CC(C)(CNc1nc2ccc(Br)cn2n1)c1cccs1. The molecule has 0 saturated heterocycles. The van der Waals surface area contributed by atoms with Crippen LogP contribution in [0.3, 0.4) is 0 Å². The van der Waals surface area contributed by atoms with E-state index in [9.17, 15) is 0 Å². The topological polar surface area (TPSA) is 42.2 Å². The number of hydrogen-bond donors (Lipinski definition) is 1. The average Bonchev–Trinajstić information content (AvgIpc) is 3.05. The fourth-order valence-corrected chi connectivity index (χ4v) is 3.16. The zero-order valence-electron chi connectivity index (χ0n) is 11.3. The number of hydrogen-bond acceptors (Lipinski definition) is 4. The predicted octanol–water partition coefficient (Wildman–Crippen LogP) is 3.94. The van der Waals surface area contributed by atoms with Crippen molar-refractivity contribution in [3.63, 3.8) is 0 Å². The Balaban J connectivity index is 1.77. The van der Waals surface area contributed by atoms with E-state index in [2.05, 4.69) is 62.7 Å². The van der Waals surface area contributed by atoms with Gasteiger partial charge in [-0.2, -0.15) is 4.98 Å². The van der Waals surface area contributed by atoms with Crippen LogP contribution in [0.5, 0.6) is 0 Å². The molecular formula is C14H15BrN4S. The maximum atomic E-state index is 4.46. The van der Waals surface area contributed by atoms with Gasteiger partial charge in [-0.05, 0) is 39.5 Å². The Bertz CT molecular complexity index is 718. The van der Waals surface area contributed by atoms with Crippen LogP contribution in [-0.4, -0.2) is 21.1 Å². The van der Waals surface area contributed by atoms with Gasteiger partial charge in [0.25, 0.3) is 0 Å². The van der Waals surface area contributed by atoms with E-state index in [-0.39, 0.29) is 5.41 Å². The summed E-state index contributed by atoms with van der Waals surface area (Å²) in [7, 11) is 0. The van der Waals surface area contributed by atoms with Crippen molar-refractivity contribution in [3.05, 3.63) is 45.2 Å². The molecule has 3 aromatic heterocycles. The second kappa shape index (κ2) is 5.18. The Kier molecular flexibility index (Phi) is 3.52. The first-order valence-electron chi connectivity index (χ1n) is 6.34. The number of thiophene rings is 1. The smallest absolute Gasteiger partial charge is 0.243 e. The summed E-state index contributed by atoms with van der Waals surface area (Å²) in [6.45, 7) is 5.24. The van der Waals surface area contributed by atoms with Gasteiger partial charge in [-0.1, -0.05) is 19.9 Å². The highest BCUT2D eigenvalue weighted by Gasteiger charge is 2.22. The maximum absolute atomic E-state index is 4.46. The molecule has 0 saturated carbocycles. The van der Waals surface area contributed by atoms with E-state index in [0.717, 1.165) is 16.7 Å². The van der Waals surface area contributed by atoms with Gasteiger partial charge in [0.05, 0.1) is 0 Å². The second-order valence-corrected chi connectivity index (χ2v) is 7.16. The summed E-state index contributed by atoms with van der Waals surface area (Å²) in [6, 6.07) is 8.15. The molecule has 1 N–H and O–H groups in total. The van der Waals surface area contributed by atoms with Crippen LogP contribution in [0.15, 0.2) is 40.3 Å². The lowest BCUT2D eigenvalue weighted by atomic mass is 9.91. The van der Waals surface area contributed by atoms with Gasteiger partial charge >= 0.3 is 0 Å². The number of nitrogens with one attached hydrogen (secondary N) is 1. The highest BCUT2D eigenvalue weighted by atomic mass is 79.9. The van der Waals surface area contributed by atoms with Crippen LogP contribution in [-0.2, 0) is 5.41 Å². The first kappa shape index (κ1) is 13.6. The van der Waals surface area contributed by atoms with Gasteiger partial charge in [0.1, 0.15) is 0 Å². The minimum atomic E-state index is 0.0617. The number of anilines is 1. The van der Waals surface area contributed by atoms with Crippen molar-refractivity contribution >= 4 is 38.9 Å². The van der Waals surface area contributed by atoms with E-state index >= 15 is 0 Å². The number of pyridine rings is 1. The van der Waals surface area contributed by atoms with E-state index in [1.165, 1.54) is 4.88 Å². The summed E-state index contributed by atoms with van der Waals surface area (Å²) < 4.78 is 2.75. The van der Waals surface area contributed by atoms with E-state index < -0.39 is 0 Å². The average molecular weight is 351 g/mol. The summed E-state index contributed by atoms with van der Waals surface area (Å²) in [4.78, 5) is 5.82. The Morgan fingerprint density at radius 3 is 2.95 bits per heavy atom. The predicted molar refractivity (Wildman–Crippen MR) is 86.5 cm³/mol. The van der Waals surface area contributed by atoms with Crippen molar-refractivity contribution < 1.29 is 0 Å². The van der Waals surface area contributed by atoms with Crippen molar-refractivity contribution in [2.75, 3.05) is 11.9 Å². The zero-order valence-corrected chi connectivity index (χ0v) is 13.7. The van der Waals surface area contributed by atoms with Gasteiger partial charge in [0.15, 0.2) is 5.65 Å². The van der Waals surface area contributed by atoms with Crippen LogP contribution >= 0.6 is 27.3 Å². The molecule has 0 bridgehead atoms. The molecular weight excluding hydrogens is 336 g/mol. The van der Waals surface area contributed by atoms with Crippen molar-refractivity contribution in [1.29, 1.82) is 0 Å². The molecule has 6 heteroatoms. The molecule has 0 fully saturated rings. The lowest BCUT2D eigenvalue weighted by Crippen LogP contribution is -2.26. The molecule has 104 valence electrons. The van der Waals surface area contributed by atoms with E-state index in [4.69, 9.17) is 0 Å². The van der Waals surface area contributed by atoms with Crippen LogP contribution in [0, 0.1) is 0 Å². The normalized spacial score (nSPS) is 11.9. The summed E-state index contributed by atoms with van der Waals surface area (Å²) in [5.74, 6) is 0.660. The Morgan fingerprint density at radius 1 is 1.35 bits per heavy atom. The Hall–Kier alpha value is -1.40. The minimum absolute atomic E-state index is 0.0617. The Labute approximate surface area is 130 Å². The first-order chi connectivity index (χ1) is 9.54. The van der Waals surface area contributed by atoms with E-state index in [1.54, 1.807) is 15.9 Å². The molecule has 0 unspecified atom stereocenters. The highest BCUT2D eigenvalue weighted by molar-refractivity contribution is 9.10. The third-order valence-electron chi connectivity index (χ3n) is 3.17. The summed E-state index contributed by atoms with van der Waals surface area (Å²) in [5, 5.41) is 9.87. The fourth-order valence-electron chi connectivity index (χ4n) is 1.98. The zero-order chi connectivity index (χ0) is 14.2. The van der Waals surface area contributed by atoms with E-state index in [0.29, 0.717) is 5.95 Å². The summed E-state index contributed by atoms with van der Waals surface area (Å²) in [6.07, 6.45) is 1.90. The number of aromatic nitrogens is 3. The van der Waals surface area contributed by atoms with E-state index in [1.807, 2.05) is 18.3 Å². The fraction of sp³-hybridized carbons (Fsp3) is 0.286. The summed E-state index contributed by atoms with van der Waals surface area (Å²) >= 11 is 5.21. The van der Waals surface area contributed by atoms with Gasteiger partial charge in [-0.25, -0.2) is 4.52 Å². The lowest BCUT2D eigenvalue weighted by molar-refractivity contribution is 0.567. The van der Waals surface area contributed by atoms with Crippen molar-refractivity contribution in [2.24, 2.45) is 0 Å². The third kappa shape index (κ3) is 2.71. The molecule has 0 aliphatic rings. The van der Waals surface area contributed by atoms with Crippen molar-refractivity contribution in [1.82, 2.24) is 14.6 Å². The van der Waals surface area contributed by atoms with Crippen molar-refractivity contribution in [2.45, 2.75) is 19.3 Å². The first-order valence-corrected chi connectivity index (χ1v) is 8.02. The highest BCUT2D eigenvalue weighted by Crippen LogP contribution is 2.27. The van der Waals surface area contributed by atoms with Crippen LogP contribution < -0.4 is 5.32 Å². The molecule has 0 radical (unpaired) electrons. The molecule has 0 spiro atoms. The molecule has 0 aliphatic carbocycles. The van der Waals surface area contributed by atoms with Gasteiger partial charge in [0, 0.05) is 27.5 Å². The third-order valence-corrected chi connectivity index (χ3v) is 4.88. The largest absolute Gasteiger partial charge is 0.352 e. The lowest BCUT2D eigenvalue weighted by Gasteiger charge is -2.23. The molecule has 0 aliphatic heterocycles. The number of fused-ring (bicyclic) bond motifs is 1. The molecule has 4 nitrogen and oxygen atoms in total. The molecule has 20 heavy (non-hydrogen) atoms. The number of rotatable bonds is 4. The molecule has 3 aromatic rings. The quantitative estimate of drug-likeness (QED) is 0.774. The van der Waals surface area contributed by atoms with Crippen LogP contribution in [0.1, 0.15) is 18.7 Å².